The lowest BCUT2D eigenvalue weighted by Crippen LogP contribution is -2.50. The van der Waals surface area contributed by atoms with Gasteiger partial charge in [0, 0.05) is 37.8 Å². The molecule has 2 aromatic rings. The molecule has 10 heteroatoms. The Kier molecular flexibility index (Phi) is 5.50. The first-order chi connectivity index (χ1) is 13.1. The van der Waals surface area contributed by atoms with Gasteiger partial charge >= 0.3 is 6.09 Å². The molecular weight excluding hydrogens is 408 g/mol. The van der Waals surface area contributed by atoms with Crippen molar-refractivity contribution in [2.24, 2.45) is 0 Å². The third-order valence-electron chi connectivity index (χ3n) is 4.22. The first-order valence-corrected chi connectivity index (χ1v) is 9.34. The number of amides is 1. The number of anilines is 1. The summed E-state index contributed by atoms with van der Waals surface area (Å²) in [6.45, 7) is 6.99. The number of nitrogens with zero attached hydrogens (tertiary/aromatic N) is 5. The predicted octanol–water partition coefficient (Wildman–Crippen LogP) is 4.00. The van der Waals surface area contributed by atoms with Crippen LogP contribution in [0.3, 0.4) is 0 Å². The molecule has 0 spiro atoms. The Morgan fingerprint density at radius 1 is 1.25 bits per heavy atom. The first kappa shape index (κ1) is 20.4. The number of halogens is 3. The van der Waals surface area contributed by atoms with Crippen LogP contribution in [0.25, 0.3) is 10.9 Å². The number of fused-ring (bicyclic) bond motifs is 1. The van der Waals surface area contributed by atoms with Crippen LogP contribution in [0, 0.1) is 17.1 Å². The number of hydrogen-bond donors (Lipinski definition) is 0. The van der Waals surface area contributed by atoms with Crippen LogP contribution in [0.15, 0.2) is 6.20 Å². The number of hydrogen-bond acceptors (Lipinski definition) is 6. The lowest BCUT2D eigenvalue weighted by atomic mass is 10.1. The number of piperazine rings is 1. The van der Waals surface area contributed by atoms with Gasteiger partial charge in [0.15, 0.2) is 11.0 Å². The van der Waals surface area contributed by atoms with Crippen molar-refractivity contribution in [3.05, 3.63) is 27.9 Å². The molecule has 0 aliphatic carbocycles. The van der Waals surface area contributed by atoms with Gasteiger partial charge in [-0.1, -0.05) is 23.2 Å². The van der Waals surface area contributed by atoms with Gasteiger partial charge in [-0.05, 0) is 20.8 Å². The van der Waals surface area contributed by atoms with Crippen molar-refractivity contribution in [2.75, 3.05) is 31.1 Å². The van der Waals surface area contributed by atoms with E-state index in [2.05, 4.69) is 9.97 Å². The summed E-state index contributed by atoms with van der Waals surface area (Å²) in [6, 6.07) is 2.03. The average molecular weight is 426 g/mol. The first-order valence-electron chi connectivity index (χ1n) is 8.58. The Morgan fingerprint density at radius 3 is 2.46 bits per heavy atom. The molecule has 1 aliphatic heterocycles. The second-order valence-corrected chi connectivity index (χ2v) is 8.03. The summed E-state index contributed by atoms with van der Waals surface area (Å²) in [5.41, 5.74) is -0.0687. The summed E-state index contributed by atoms with van der Waals surface area (Å²) in [6.07, 6.45) is 0.977. The molecule has 0 bridgehead atoms. The topological polar surface area (TPSA) is 82.4 Å². The lowest BCUT2D eigenvalue weighted by molar-refractivity contribution is 0.0240. The summed E-state index contributed by atoms with van der Waals surface area (Å²) in [4.78, 5) is 23.5. The molecule has 0 atom stereocenters. The fourth-order valence-electron chi connectivity index (χ4n) is 2.99. The van der Waals surface area contributed by atoms with E-state index in [1.54, 1.807) is 25.7 Å². The highest BCUT2D eigenvalue weighted by atomic mass is 35.5. The highest BCUT2D eigenvalue weighted by molar-refractivity contribution is 6.32. The molecule has 28 heavy (non-hydrogen) atoms. The van der Waals surface area contributed by atoms with Gasteiger partial charge in [-0.2, -0.15) is 5.26 Å². The average Bonchev–Trinajstić information content (AvgIpc) is 2.63. The number of carbonyl (C=O) groups is 1. The number of ether oxygens (including phenoxy) is 1. The van der Waals surface area contributed by atoms with E-state index in [1.165, 1.54) is 6.20 Å². The molecule has 0 aromatic carbocycles. The van der Waals surface area contributed by atoms with Crippen LogP contribution in [0.1, 0.15) is 26.3 Å². The molecule has 1 aliphatic rings. The van der Waals surface area contributed by atoms with Crippen molar-refractivity contribution in [1.82, 2.24) is 14.9 Å². The summed E-state index contributed by atoms with van der Waals surface area (Å²) in [5.74, 6) is -0.792. The summed E-state index contributed by atoms with van der Waals surface area (Å²) in [7, 11) is 0. The Morgan fingerprint density at radius 2 is 1.89 bits per heavy atom. The van der Waals surface area contributed by atoms with E-state index in [4.69, 9.17) is 27.9 Å². The molecule has 7 nitrogen and oxygen atoms in total. The smallest absolute Gasteiger partial charge is 0.410 e. The molecule has 3 rings (SSSR count). The van der Waals surface area contributed by atoms with Crippen molar-refractivity contribution in [1.29, 1.82) is 5.26 Å². The maximum Gasteiger partial charge on any atom is 0.410 e. The van der Waals surface area contributed by atoms with E-state index in [0.717, 1.165) is 0 Å². The van der Waals surface area contributed by atoms with Crippen molar-refractivity contribution >= 4 is 45.9 Å². The molecule has 0 unspecified atom stereocenters. The van der Waals surface area contributed by atoms with Crippen LogP contribution < -0.4 is 4.90 Å². The molecule has 1 amide bonds. The predicted molar refractivity (Wildman–Crippen MR) is 104 cm³/mol. The maximum absolute atomic E-state index is 14.4. The molecule has 148 valence electrons. The van der Waals surface area contributed by atoms with Gasteiger partial charge in [-0.15, -0.1) is 0 Å². The zero-order chi connectivity index (χ0) is 20.6. The van der Waals surface area contributed by atoms with E-state index < -0.39 is 17.5 Å². The fraction of sp³-hybridized carbons (Fsp3) is 0.444. The van der Waals surface area contributed by atoms with Gasteiger partial charge in [0.2, 0.25) is 0 Å². The maximum atomic E-state index is 14.4. The van der Waals surface area contributed by atoms with Crippen LogP contribution in [0.5, 0.6) is 0 Å². The van der Waals surface area contributed by atoms with Gasteiger partial charge < -0.3 is 14.5 Å². The summed E-state index contributed by atoms with van der Waals surface area (Å²) < 4.78 is 19.8. The molecule has 2 aromatic heterocycles. The van der Waals surface area contributed by atoms with Gasteiger partial charge in [0.1, 0.15) is 27.9 Å². The molecule has 0 saturated carbocycles. The lowest BCUT2D eigenvalue weighted by Gasteiger charge is -2.37. The summed E-state index contributed by atoms with van der Waals surface area (Å²) in [5, 5.41) is 9.47. The molecule has 0 radical (unpaired) electrons. The van der Waals surface area contributed by atoms with Gasteiger partial charge in [-0.3, -0.25) is 0 Å². The number of pyridine rings is 2. The summed E-state index contributed by atoms with van der Waals surface area (Å²) >= 11 is 11.9. The van der Waals surface area contributed by atoms with Crippen LogP contribution in [0.4, 0.5) is 14.9 Å². The largest absolute Gasteiger partial charge is 0.444 e. The van der Waals surface area contributed by atoms with E-state index >= 15 is 0 Å². The second kappa shape index (κ2) is 7.57. The number of rotatable bonds is 1. The Bertz CT molecular complexity index is 979. The molecule has 3 heterocycles. The minimum atomic E-state index is -0.792. The molecule has 1 fully saturated rings. The Hall–Kier alpha value is -2.37. The minimum absolute atomic E-state index is 0.0476. The monoisotopic (exact) mass is 425 g/mol. The van der Waals surface area contributed by atoms with Crippen molar-refractivity contribution in [3.8, 4) is 6.07 Å². The van der Waals surface area contributed by atoms with E-state index in [-0.39, 0.29) is 21.4 Å². The molecule has 1 saturated heterocycles. The third-order valence-corrected chi connectivity index (χ3v) is 4.76. The molecular formula is C18H18Cl2FN5O2. The third kappa shape index (κ3) is 3.91. The molecule has 0 N–H and O–H groups in total. The van der Waals surface area contributed by atoms with Crippen molar-refractivity contribution in [2.45, 2.75) is 26.4 Å². The zero-order valence-corrected chi connectivity index (χ0v) is 17.1. The SMILES string of the molecule is CC(C)(C)OC(=O)N1CCN(c2c(C#N)c(Cl)nc3c(F)c(Cl)ncc23)CC1. The van der Waals surface area contributed by atoms with Gasteiger partial charge in [0.05, 0.1) is 5.69 Å². The number of nitriles is 1. The number of carbonyl (C=O) groups excluding carboxylic acids is 1. The highest BCUT2D eigenvalue weighted by Gasteiger charge is 2.29. The minimum Gasteiger partial charge on any atom is -0.444 e. The second-order valence-electron chi connectivity index (χ2n) is 7.32. The standard InChI is InChI=1S/C18H18Cl2FN5O2/c1-18(2,3)28-17(27)26-6-4-25(5-7-26)14-10(8-22)15(19)24-13-11(14)9-23-16(20)12(13)21/h9H,4-7H2,1-3H3. The van der Waals surface area contributed by atoms with Gasteiger partial charge in [-0.25, -0.2) is 19.2 Å². The number of aromatic nitrogens is 2. The van der Waals surface area contributed by atoms with E-state index in [9.17, 15) is 14.4 Å². The fourth-order valence-corrected chi connectivity index (χ4v) is 3.35. The quantitative estimate of drug-likeness (QED) is 0.641. The van der Waals surface area contributed by atoms with Crippen molar-refractivity contribution < 1.29 is 13.9 Å². The van der Waals surface area contributed by atoms with Gasteiger partial charge in [0.25, 0.3) is 0 Å². The van der Waals surface area contributed by atoms with Crippen LogP contribution >= 0.6 is 23.2 Å². The van der Waals surface area contributed by atoms with Crippen molar-refractivity contribution in [3.63, 3.8) is 0 Å². The Labute approximate surface area is 171 Å². The highest BCUT2D eigenvalue weighted by Crippen LogP contribution is 2.36. The van der Waals surface area contributed by atoms with E-state index in [1.807, 2.05) is 11.0 Å². The normalized spacial score (nSPS) is 14.9. The van der Waals surface area contributed by atoms with Crippen LogP contribution in [0.2, 0.25) is 10.3 Å². The van der Waals surface area contributed by atoms with Crippen LogP contribution in [-0.2, 0) is 4.74 Å². The van der Waals surface area contributed by atoms with Crippen LogP contribution in [-0.4, -0.2) is 52.7 Å². The zero-order valence-electron chi connectivity index (χ0n) is 15.6. The van der Waals surface area contributed by atoms with E-state index in [0.29, 0.717) is 37.3 Å². The Balaban J connectivity index is 1.94.